The zero-order chi connectivity index (χ0) is 9.68. The molecule has 0 amide bonds. The van der Waals surface area contributed by atoms with E-state index >= 15 is 0 Å². The highest BCUT2D eigenvalue weighted by Gasteiger charge is 2.05. The van der Waals surface area contributed by atoms with Crippen LogP contribution in [0.5, 0.6) is 0 Å². The first-order chi connectivity index (χ1) is 6.22. The lowest BCUT2D eigenvalue weighted by Gasteiger charge is -2.00. The number of rotatable bonds is 3. The van der Waals surface area contributed by atoms with Gasteiger partial charge in [-0.25, -0.2) is 9.97 Å². The van der Waals surface area contributed by atoms with Crippen LogP contribution in [0.25, 0.3) is 0 Å². The van der Waals surface area contributed by atoms with Crippen molar-refractivity contribution in [3.8, 4) is 0 Å². The van der Waals surface area contributed by atoms with Crippen molar-refractivity contribution in [1.29, 1.82) is 0 Å². The van der Waals surface area contributed by atoms with Crippen LogP contribution in [0, 0.1) is 0 Å². The second-order valence-electron chi connectivity index (χ2n) is 2.38. The fraction of sp³-hybridized carbons (Fsp3) is 0.375. The zero-order valence-corrected chi connectivity index (χ0v) is 7.36. The first-order valence-electron chi connectivity index (χ1n) is 3.95. The van der Waals surface area contributed by atoms with Gasteiger partial charge in [-0.1, -0.05) is 0 Å². The number of nitrogens with zero attached hydrogens (tertiary/aromatic N) is 2. The van der Waals surface area contributed by atoms with Crippen molar-refractivity contribution in [2.75, 3.05) is 12.3 Å². The summed E-state index contributed by atoms with van der Waals surface area (Å²) in [5.41, 5.74) is 5.41. The molecule has 2 N–H and O–H groups in total. The molecule has 0 atom stereocenters. The van der Waals surface area contributed by atoms with Crippen LogP contribution in [0.2, 0.25) is 0 Å². The molecule has 1 aromatic heterocycles. The van der Waals surface area contributed by atoms with Crippen molar-refractivity contribution in [3.63, 3.8) is 0 Å². The summed E-state index contributed by atoms with van der Waals surface area (Å²) in [6, 6.07) is 1.56. The quantitative estimate of drug-likeness (QED) is 0.672. The highest BCUT2D eigenvalue weighted by Crippen LogP contribution is 1.97. The smallest absolute Gasteiger partial charge is 0.313 e. The number of carbonyl (C=O) groups is 1. The van der Waals surface area contributed by atoms with Gasteiger partial charge in [0.05, 0.1) is 6.61 Å². The molecule has 5 heteroatoms. The van der Waals surface area contributed by atoms with Gasteiger partial charge in [-0.3, -0.25) is 4.79 Å². The molecule has 1 aromatic rings. The predicted octanol–water partition coefficient (Wildman–Crippen LogP) is 0.164. The number of nitrogens with two attached hydrogens (primary N) is 1. The molecule has 0 fully saturated rings. The normalized spacial score (nSPS) is 9.62. The maximum absolute atomic E-state index is 11.0. The highest BCUT2D eigenvalue weighted by molar-refractivity contribution is 5.71. The van der Waals surface area contributed by atoms with E-state index in [0.717, 1.165) is 0 Å². The van der Waals surface area contributed by atoms with Gasteiger partial charge in [0, 0.05) is 6.20 Å². The second kappa shape index (κ2) is 4.39. The van der Waals surface area contributed by atoms with Crippen LogP contribution in [-0.2, 0) is 16.0 Å². The van der Waals surface area contributed by atoms with Gasteiger partial charge in [0.1, 0.15) is 18.1 Å². The fourth-order valence-electron chi connectivity index (χ4n) is 0.841. The van der Waals surface area contributed by atoms with E-state index in [-0.39, 0.29) is 12.4 Å². The summed E-state index contributed by atoms with van der Waals surface area (Å²) < 4.78 is 4.73. The number of carbonyl (C=O) groups excluding carboxylic acids is 1. The Morgan fingerprint density at radius 3 is 3.08 bits per heavy atom. The number of ether oxygens (including phenoxy) is 1. The molecule has 0 aliphatic carbocycles. The number of hydrogen-bond acceptors (Lipinski definition) is 5. The number of hydrogen-bond donors (Lipinski definition) is 1. The molecule has 0 unspecified atom stereocenters. The molecule has 0 aromatic carbocycles. The van der Waals surface area contributed by atoms with Gasteiger partial charge < -0.3 is 10.5 Å². The molecule has 70 valence electrons. The van der Waals surface area contributed by atoms with Gasteiger partial charge in [-0.05, 0) is 13.0 Å². The minimum Gasteiger partial charge on any atom is -0.466 e. The lowest BCUT2D eigenvalue weighted by atomic mass is 10.4. The molecule has 13 heavy (non-hydrogen) atoms. The van der Waals surface area contributed by atoms with E-state index in [1.54, 1.807) is 13.0 Å². The van der Waals surface area contributed by atoms with Crippen LogP contribution >= 0.6 is 0 Å². The van der Waals surface area contributed by atoms with Crippen molar-refractivity contribution >= 4 is 11.8 Å². The molecule has 0 saturated carbocycles. The number of anilines is 1. The summed E-state index contributed by atoms with van der Waals surface area (Å²) in [7, 11) is 0. The second-order valence-corrected chi connectivity index (χ2v) is 2.38. The van der Waals surface area contributed by atoms with Crippen LogP contribution in [-0.4, -0.2) is 22.5 Å². The van der Waals surface area contributed by atoms with Crippen LogP contribution in [0.1, 0.15) is 12.7 Å². The lowest BCUT2D eigenvalue weighted by molar-refractivity contribution is -0.142. The fourth-order valence-corrected chi connectivity index (χ4v) is 0.841. The van der Waals surface area contributed by atoms with E-state index in [1.807, 2.05) is 0 Å². The summed E-state index contributed by atoms with van der Waals surface area (Å²) in [6.45, 7) is 2.11. The third-order valence-electron chi connectivity index (χ3n) is 1.33. The Labute approximate surface area is 75.9 Å². The minimum absolute atomic E-state index is 0.0683. The van der Waals surface area contributed by atoms with Crippen molar-refractivity contribution in [2.24, 2.45) is 0 Å². The first-order valence-corrected chi connectivity index (χ1v) is 3.95. The number of aromatic nitrogens is 2. The van der Waals surface area contributed by atoms with E-state index < -0.39 is 0 Å². The van der Waals surface area contributed by atoms with Crippen molar-refractivity contribution in [2.45, 2.75) is 13.3 Å². The van der Waals surface area contributed by atoms with E-state index in [9.17, 15) is 4.79 Å². The Kier molecular flexibility index (Phi) is 3.19. The Balaban J connectivity index is 2.58. The molecular weight excluding hydrogens is 170 g/mol. The molecule has 0 saturated heterocycles. The molecule has 0 spiro atoms. The van der Waals surface area contributed by atoms with Gasteiger partial charge in [-0.15, -0.1) is 0 Å². The van der Waals surface area contributed by atoms with Crippen LogP contribution in [0.4, 0.5) is 5.82 Å². The maximum Gasteiger partial charge on any atom is 0.313 e. The van der Waals surface area contributed by atoms with Crippen LogP contribution in [0.15, 0.2) is 12.3 Å². The summed E-state index contributed by atoms with van der Waals surface area (Å²) in [5, 5.41) is 0. The van der Waals surface area contributed by atoms with Gasteiger partial charge in [0.2, 0.25) is 0 Å². The number of nitrogen functional groups attached to an aromatic ring is 1. The van der Waals surface area contributed by atoms with Crippen molar-refractivity contribution < 1.29 is 9.53 Å². The van der Waals surface area contributed by atoms with Gasteiger partial charge in [0.25, 0.3) is 0 Å². The van der Waals surface area contributed by atoms with Crippen LogP contribution in [0.3, 0.4) is 0 Å². The van der Waals surface area contributed by atoms with Crippen molar-refractivity contribution in [3.05, 3.63) is 18.1 Å². The Bertz CT molecular complexity index is 301. The third-order valence-corrected chi connectivity index (χ3v) is 1.33. The topological polar surface area (TPSA) is 78.1 Å². The molecule has 0 aliphatic rings. The molecular formula is C8H11N3O2. The monoisotopic (exact) mass is 181 g/mol. The van der Waals surface area contributed by atoms with Crippen molar-refractivity contribution in [1.82, 2.24) is 9.97 Å². The molecule has 0 aliphatic heterocycles. The molecule has 0 bridgehead atoms. The summed E-state index contributed by atoms with van der Waals surface area (Å²) in [4.78, 5) is 18.7. The predicted molar refractivity (Wildman–Crippen MR) is 46.8 cm³/mol. The summed E-state index contributed by atoms with van der Waals surface area (Å²) >= 11 is 0. The lowest BCUT2D eigenvalue weighted by Crippen LogP contribution is -2.10. The van der Waals surface area contributed by atoms with E-state index in [4.69, 9.17) is 10.5 Å². The van der Waals surface area contributed by atoms with E-state index in [2.05, 4.69) is 9.97 Å². The third kappa shape index (κ3) is 3.06. The van der Waals surface area contributed by atoms with E-state index in [0.29, 0.717) is 18.2 Å². The SMILES string of the molecule is CCOC(=O)Cc1nccc(N)n1. The Hall–Kier alpha value is -1.65. The first kappa shape index (κ1) is 9.44. The van der Waals surface area contributed by atoms with Gasteiger partial charge >= 0.3 is 5.97 Å². The molecule has 1 rings (SSSR count). The molecule has 0 radical (unpaired) electrons. The molecule has 1 heterocycles. The highest BCUT2D eigenvalue weighted by atomic mass is 16.5. The standard InChI is InChI=1S/C8H11N3O2/c1-2-13-8(12)5-7-10-4-3-6(9)11-7/h3-4H,2,5H2,1H3,(H2,9,10,11). The summed E-state index contributed by atoms with van der Waals surface area (Å²) in [5.74, 6) is 0.404. The zero-order valence-electron chi connectivity index (χ0n) is 7.36. The van der Waals surface area contributed by atoms with Gasteiger partial charge in [-0.2, -0.15) is 0 Å². The Morgan fingerprint density at radius 1 is 1.69 bits per heavy atom. The maximum atomic E-state index is 11.0. The van der Waals surface area contributed by atoms with Crippen LogP contribution < -0.4 is 5.73 Å². The average Bonchev–Trinajstić information content (AvgIpc) is 2.04. The molecule has 5 nitrogen and oxygen atoms in total. The average molecular weight is 181 g/mol. The Morgan fingerprint density at radius 2 is 2.46 bits per heavy atom. The minimum atomic E-state index is -0.340. The summed E-state index contributed by atoms with van der Waals surface area (Å²) in [6.07, 6.45) is 1.58. The largest absolute Gasteiger partial charge is 0.466 e. The van der Waals surface area contributed by atoms with Gasteiger partial charge in [0.15, 0.2) is 0 Å². The number of esters is 1. The van der Waals surface area contributed by atoms with E-state index in [1.165, 1.54) is 6.20 Å².